The summed E-state index contributed by atoms with van der Waals surface area (Å²) in [6.07, 6.45) is 0.685. The highest BCUT2D eigenvalue weighted by Crippen LogP contribution is 2.30. The topological polar surface area (TPSA) is 111 Å². The first-order valence-electron chi connectivity index (χ1n) is 6.81. The van der Waals surface area contributed by atoms with Crippen molar-refractivity contribution in [2.45, 2.75) is 13.3 Å². The summed E-state index contributed by atoms with van der Waals surface area (Å²) in [6, 6.07) is 9.37. The first-order chi connectivity index (χ1) is 11.0. The molecule has 0 amide bonds. The van der Waals surface area contributed by atoms with Gasteiger partial charge in [0, 0.05) is 18.1 Å². The van der Waals surface area contributed by atoms with Crippen molar-refractivity contribution in [3.8, 4) is 0 Å². The van der Waals surface area contributed by atoms with E-state index in [0.717, 1.165) is 22.9 Å². The fourth-order valence-corrected chi connectivity index (χ4v) is 2.55. The van der Waals surface area contributed by atoms with Crippen LogP contribution in [-0.4, -0.2) is 15.6 Å². The van der Waals surface area contributed by atoms with Gasteiger partial charge < -0.3 is 0 Å². The van der Waals surface area contributed by atoms with Crippen molar-refractivity contribution in [3.63, 3.8) is 0 Å². The van der Waals surface area contributed by atoms with Gasteiger partial charge in [-0.25, -0.2) is 0 Å². The molecule has 2 aromatic rings. The van der Waals surface area contributed by atoms with Gasteiger partial charge in [-0.2, -0.15) is 5.10 Å². The quantitative estimate of drug-likeness (QED) is 0.688. The molecule has 2 aromatic carbocycles. The smallest absolute Gasteiger partial charge is 0.271 e. The van der Waals surface area contributed by atoms with E-state index in [0.29, 0.717) is 6.42 Å². The Kier molecular flexibility index (Phi) is 3.49. The van der Waals surface area contributed by atoms with Crippen LogP contribution in [0, 0.1) is 27.2 Å². The zero-order chi connectivity index (χ0) is 16.6. The molecule has 0 unspecified atom stereocenters. The first kappa shape index (κ1) is 14.6. The predicted octanol–water partition coefficient (Wildman–Crippen LogP) is 3.18. The van der Waals surface area contributed by atoms with Crippen LogP contribution in [0.25, 0.3) is 0 Å². The summed E-state index contributed by atoms with van der Waals surface area (Å²) in [5.74, 6) is 0. The third kappa shape index (κ3) is 2.61. The summed E-state index contributed by atoms with van der Waals surface area (Å²) in [5.41, 5.74) is 6.19. The largest absolute Gasteiger partial charge is 0.301 e. The summed E-state index contributed by atoms with van der Waals surface area (Å²) >= 11 is 0. The Morgan fingerprint density at radius 3 is 2.57 bits per heavy atom. The highest BCUT2D eigenvalue weighted by Gasteiger charge is 2.24. The SMILES string of the molecule is Cc1cccc2c1C(=NNc1ccc([N+](=O)[O-])cc1[N+](=O)[O-])C2. The van der Waals surface area contributed by atoms with Crippen LogP contribution in [-0.2, 0) is 6.42 Å². The molecular weight excluding hydrogens is 300 g/mol. The minimum atomic E-state index is -0.672. The molecule has 8 heteroatoms. The number of hydrogen-bond acceptors (Lipinski definition) is 6. The van der Waals surface area contributed by atoms with Crippen molar-refractivity contribution < 1.29 is 9.85 Å². The van der Waals surface area contributed by atoms with E-state index in [1.165, 1.54) is 17.7 Å². The number of anilines is 1. The van der Waals surface area contributed by atoms with E-state index in [2.05, 4.69) is 10.5 Å². The van der Waals surface area contributed by atoms with Crippen molar-refractivity contribution in [2.75, 3.05) is 5.43 Å². The maximum atomic E-state index is 11.1. The van der Waals surface area contributed by atoms with Crippen molar-refractivity contribution in [2.24, 2.45) is 5.10 Å². The van der Waals surface area contributed by atoms with Gasteiger partial charge in [0.15, 0.2) is 0 Å². The van der Waals surface area contributed by atoms with Gasteiger partial charge in [0.25, 0.3) is 5.69 Å². The van der Waals surface area contributed by atoms with Crippen molar-refractivity contribution in [1.29, 1.82) is 0 Å². The van der Waals surface area contributed by atoms with Crippen LogP contribution in [0.5, 0.6) is 0 Å². The van der Waals surface area contributed by atoms with Crippen LogP contribution in [0.2, 0.25) is 0 Å². The minimum absolute atomic E-state index is 0.120. The number of hydrazone groups is 1. The molecular formula is C15H12N4O4. The van der Waals surface area contributed by atoms with E-state index in [-0.39, 0.29) is 17.1 Å². The molecule has 0 saturated carbocycles. The maximum Gasteiger partial charge on any atom is 0.301 e. The number of nitrogens with zero attached hydrogens (tertiary/aromatic N) is 3. The van der Waals surface area contributed by atoms with Crippen molar-refractivity contribution in [3.05, 3.63) is 73.3 Å². The lowest BCUT2D eigenvalue weighted by Gasteiger charge is -2.23. The number of hydrogen-bond donors (Lipinski definition) is 1. The van der Waals surface area contributed by atoms with E-state index in [4.69, 9.17) is 0 Å². The molecule has 0 spiro atoms. The number of aryl methyl sites for hydroxylation is 1. The normalized spacial score (nSPS) is 14.0. The average molecular weight is 312 g/mol. The monoisotopic (exact) mass is 312 g/mol. The summed E-state index contributed by atoms with van der Waals surface area (Å²) in [4.78, 5) is 20.4. The van der Waals surface area contributed by atoms with Crippen LogP contribution in [0.3, 0.4) is 0 Å². The molecule has 116 valence electrons. The zero-order valence-corrected chi connectivity index (χ0v) is 12.1. The molecule has 0 bridgehead atoms. The molecule has 0 aromatic heterocycles. The van der Waals surface area contributed by atoms with Crippen molar-refractivity contribution in [1.82, 2.24) is 0 Å². The molecule has 0 aliphatic heterocycles. The second-order valence-electron chi connectivity index (χ2n) is 5.17. The van der Waals surface area contributed by atoms with Gasteiger partial charge in [0.1, 0.15) is 5.69 Å². The van der Waals surface area contributed by atoms with Gasteiger partial charge in [0.2, 0.25) is 0 Å². The molecule has 23 heavy (non-hydrogen) atoms. The van der Waals surface area contributed by atoms with Gasteiger partial charge in [-0.05, 0) is 24.1 Å². The summed E-state index contributed by atoms with van der Waals surface area (Å²) in [6.45, 7) is 1.97. The van der Waals surface area contributed by atoms with Gasteiger partial charge in [-0.1, -0.05) is 18.2 Å². The van der Waals surface area contributed by atoms with Crippen LogP contribution >= 0.6 is 0 Å². The Morgan fingerprint density at radius 1 is 1.13 bits per heavy atom. The Bertz CT molecular complexity index is 846. The maximum absolute atomic E-state index is 11.1. The predicted molar refractivity (Wildman–Crippen MR) is 84.8 cm³/mol. The lowest BCUT2D eigenvalue weighted by Crippen LogP contribution is -2.22. The molecule has 3 rings (SSSR count). The highest BCUT2D eigenvalue weighted by atomic mass is 16.6. The Morgan fingerprint density at radius 2 is 1.91 bits per heavy atom. The molecule has 1 aliphatic carbocycles. The number of fused-ring (bicyclic) bond motifs is 1. The molecule has 0 fully saturated rings. The minimum Gasteiger partial charge on any atom is -0.271 e. The Hall–Kier alpha value is -3.29. The molecule has 0 heterocycles. The third-order valence-electron chi connectivity index (χ3n) is 3.71. The van der Waals surface area contributed by atoms with E-state index in [1.807, 2.05) is 25.1 Å². The number of nitro benzene ring substituents is 2. The van der Waals surface area contributed by atoms with E-state index in [9.17, 15) is 20.2 Å². The van der Waals surface area contributed by atoms with Crippen LogP contribution in [0.15, 0.2) is 41.5 Å². The molecule has 1 N–H and O–H groups in total. The number of non-ortho nitro benzene ring substituents is 1. The Labute approximate surface area is 130 Å². The molecule has 1 aliphatic rings. The second-order valence-corrected chi connectivity index (χ2v) is 5.17. The fourth-order valence-electron chi connectivity index (χ4n) is 2.55. The number of nitrogens with one attached hydrogen (secondary N) is 1. The molecule has 0 atom stereocenters. The average Bonchev–Trinajstić information content (AvgIpc) is 2.48. The second kappa shape index (κ2) is 5.48. The van der Waals surface area contributed by atoms with E-state index >= 15 is 0 Å². The van der Waals surface area contributed by atoms with Gasteiger partial charge in [0.05, 0.1) is 21.6 Å². The Balaban J connectivity index is 1.90. The van der Waals surface area contributed by atoms with Crippen LogP contribution in [0.1, 0.15) is 16.7 Å². The summed E-state index contributed by atoms with van der Waals surface area (Å²) in [7, 11) is 0. The first-order valence-corrected chi connectivity index (χ1v) is 6.81. The highest BCUT2D eigenvalue weighted by molar-refractivity contribution is 6.11. The van der Waals surface area contributed by atoms with Gasteiger partial charge in [-0.15, -0.1) is 0 Å². The van der Waals surface area contributed by atoms with Crippen molar-refractivity contribution >= 4 is 22.8 Å². The summed E-state index contributed by atoms with van der Waals surface area (Å²) < 4.78 is 0. The standard InChI is InChI=1S/C15H12N4O4/c1-9-3-2-4-10-7-13(15(9)10)17-16-12-6-5-11(18(20)21)8-14(12)19(22)23/h2-6,8,16H,7H2,1H3. The fraction of sp³-hybridized carbons (Fsp3) is 0.133. The zero-order valence-electron chi connectivity index (χ0n) is 12.1. The number of rotatable bonds is 4. The lowest BCUT2D eigenvalue weighted by atomic mass is 9.83. The van der Waals surface area contributed by atoms with E-state index < -0.39 is 9.85 Å². The molecule has 0 saturated heterocycles. The van der Waals surface area contributed by atoms with Gasteiger partial charge in [-0.3, -0.25) is 25.7 Å². The number of benzene rings is 2. The number of nitro groups is 2. The van der Waals surface area contributed by atoms with Gasteiger partial charge >= 0.3 is 5.69 Å². The van der Waals surface area contributed by atoms with Crippen LogP contribution < -0.4 is 5.43 Å². The molecule has 8 nitrogen and oxygen atoms in total. The molecule has 0 radical (unpaired) electrons. The summed E-state index contributed by atoms with van der Waals surface area (Å²) in [5, 5.41) is 26.0. The van der Waals surface area contributed by atoms with E-state index in [1.54, 1.807) is 0 Å². The third-order valence-corrected chi connectivity index (χ3v) is 3.71. The lowest BCUT2D eigenvalue weighted by molar-refractivity contribution is -0.393. The van der Waals surface area contributed by atoms with Crippen LogP contribution in [0.4, 0.5) is 17.1 Å².